The third kappa shape index (κ3) is 3.45. The average Bonchev–Trinajstić information content (AvgIpc) is 3.57. The fraction of sp³-hybridized carbons (Fsp3) is 0.370. The highest BCUT2D eigenvalue weighted by Crippen LogP contribution is 2.34. The Morgan fingerprint density at radius 3 is 2.67 bits per heavy atom. The molecule has 6 rings (SSSR count). The van der Waals surface area contributed by atoms with Crippen LogP contribution in [0.5, 0.6) is 0 Å². The maximum atomic E-state index is 13.8. The molecule has 0 saturated carbocycles. The van der Waals surface area contributed by atoms with E-state index in [2.05, 4.69) is 5.32 Å². The van der Waals surface area contributed by atoms with Crippen molar-refractivity contribution < 1.29 is 14.3 Å². The number of benzene rings is 2. The molecule has 2 aliphatic rings. The first-order valence-corrected chi connectivity index (χ1v) is 12.3. The van der Waals surface area contributed by atoms with Gasteiger partial charge < -0.3 is 19.5 Å². The van der Waals surface area contributed by atoms with Crippen molar-refractivity contribution in [2.75, 3.05) is 18.5 Å². The molecule has 2 aromatic heterocycles. The second kappa shape index (κ2) is 8.37. The fourth-order valence-electron chi connectivity index (χ4n) is 5.88. The minimum Gasteiger partial charge on any atom is -0.376 e. The molecule has 2 aromatic carbocycles. The van der Waals surface area contributed by atoms with Gasteiger partial charge in [-0.1, -0.05) is 12.1 Å². The maximum absolute atomic E-state index is 13.8. The number of fused-ring (bicyclic) bond motifs is 3. The Bertz CT molecular complexity index is 1580. The molecule has 2 fully saturated rings. The minimum atomic E-state index is -0.406. The van der Waals surface area contributed by atoms with Gasteiger partial charge in [0.05, 0.1) is 40.2 Å². The Morgan fingerprint density at radius 2 is 1.83 bits per heavy atom. The monoisotopic (exact) mass is 487 g/mol. The third-order valence-corrected chi connectivity index (χ3v) is 7.81. The van der Waals surface area contributed by atoms with Crippen molar-refractivity contribution >= 4 is 39.4 Å². The summed E-state index contributed by atoms with van der Waals surface area (Å²) >= 11 is 0. The number of nitrogens with one attached hydrogen (secondary N) is 1. The number of imidazole rings is 1. The quantitative estimate of drug-likeness (QED) is 0.481. The first-order chi connectivity index (χ1) is 17.3. The molecule has 0 radical (unpaired) electrons. The van der Waals surface area contributed by atoms with E-state index in [-0.39, 0.29) is 29.6 Å². The fourth-order valence-corrected chi connectivity index (χ4v) is 5.88. The van der Waals surface area contributed by atoms with E-state index in [1.54, 1.807) is 29.3 Å². The topological polar surface area (TPSA) is 90.5 Å². The number of aryl methyl sites for hydroxylation is 3. The van der Waals surface area contributed by atoms with E-state index < -0.39 is 5.92 Å². The van der Waals surface area contributed by atoms with Gasteiger partial charge in [-0.25, -0.2) is 4.79 Å². The molecule has 2 saturated heterocycles. The first kappa shape index (κ1) is 22.6. The molecule has 9 nitrogen and oxygen atoms in total. The molecule has 1 unspecified atom stereocenters. The second-order valence-corrected chi connectivity index (χ2v) is 9.92. The van der Waals surface area contributed by atoms with Gasteiger partial charge in [-0.2, -0.15) is 0 Å². The molecule has 9 heteroatoms. The number of anilines is 1. The summed E-state index contributed by atoms with van der Waals surface area (Å²) < 4.78 is 11.1. The van der Waals surface area contributed by atoms with Gasteiger partial charge in [0.2, 0.25) is 5.91 Å². The van der Waals surface area contributed by atoms with Crippen LogP contribution in [0.4, 0.5) is 5.69 Å². The van der Waals surface area contributed by atoms with E-state index >= 15 is 0 Å². The van der Waals surface area contributed by atoms with Crippen molar-refractivity contribution in [2.45, 2.75) is 25.0 Å². The average molecular weight is 488 g/mol. The Balaban J connectivity index is 1.28. The van der Waals surface area contributed by atoms with Crippen LogP contribution in [0.2, 0.25) is 0 Å². The van der Waals surface area contributed by atoms with E-state index in [4.69, 9.17) is 4.74 Å². The van der Waals surface area contributed by atoms with Crippen LogP contribution in [0, 0.1) is 5.92 Å². The van der Waals surface area contributed by atoms with Gasteiger partial charge in [0.1, 0.15) is 0 Å². The van der Waals surface area contributed by atoms with E-state index in [0.29, 0.717) is 30.8 Å². The van der Waals surface area contributed by atoms with Gasteiger partial charge in [0.25, 0.3) is 5.91 Å². The van der Waals surface area contributed by atoms with Crippen molar-refractivity contribution in [1.82, 2.24) is 18.6 Å². The molecule has 36 heavy (non-hydrogen) atoms. The number of carbonyl (C=O) groups is 2. The molecule has 2 amide bonds. The number of hydrogen-bond donors (Lipinski definition) is 1. The minimum absolute atomic E-state index is 0.0349. The van der Waals surface area contributed by atoms with E-state index in [1.165, 1.54) is 0 Å². The van der Waals surface area contributed by atoms with Crippen LogP contribution in [0.1, 0.15) is 23.2 Å². The summed E-state index contributed by atoms with van der Waals surface area (Å²) in [4.78, 5) is 41.3. The van der Waals surface area contributed by atoms with E-state index in [0.717, 1.165) is 28.4 Å². The molecule has 2 aliphatic heterocycles. The molecule has 0 bridgehead atoms. The number of hydrogen-bond acceptors (Lipinski definition) is 4. The zero-order chi connectivity index (χ0) is 25.1. The van der Waals surface area contributed by atoms with Crippen LogP contribution < -0.4 is 11.0 Å². The summed E-state index contributed by atoms with van der Waals surface area (Å²) in [6, 6.07) is 13.2. The number of likely N-dealkylation sites (tertiary alicyclic amines) is 1. The van der Waals surface area contributed by atoms with E-state index in [1.807, 2.05) is 59.1 Å². The maximum Gasteiger partial charge on any atom is 0.328 e. The number of nitrogens with zero attached hydrogens (tertiary/aromatic N) is 4. The zero-order valence-electron chi connectivity index (χ0n) is 20.6. The smallest absolute Gasteiger partial charge is 0.328 e. The van der Waals surface area contributed by atoms with Crippen molar-refractivity contribution in [3.8, 4) is 0 Å². The molecular formula is C27H29N5O4. The lowest BCUT2D eigenvalue weighted by Gasteiger charge is -2.40. The number of rotatable bonds is 3. The molecule has 0 aliphatic carbocycles. The molecular weight excluding hydrogens is 458 g/mol. The molecule has 1 N–H and O–H groups in total. The highest BCUT2D eigenvalue weighted by Gasteiger charge is 2.44. The summed E-state index contributed by atoms with van der Waals surface area (Å²) in [5.74, 6) is -0.628. The van der Waals surface area contributed by atoms with Crippen molar-refractivity contribution in [3.05, 3.63) is 64.7 Å². The standard InChI is InChI=1S/C27H29N5O4/c1-29-11-9-16-5-4-6-19(24(16)29)26(34)32-15-17(13-23-21(32)10-12-36-23)25(33)28-18-7-8-20-22(14-18)31(3)27(35)30(20)2/h4-9,11,14,17,21,23H,10,12-13,15H2,1-3H3,(H,28,33)/t17?,21-,23+/m1/s1. The summed E-state index contributed by atoms with van der Waals surface area (Å²) in [5.41, 5.74) is 3.58. The van der Waals surface area contributed by atoms with Gasteiger partial charge >= 0.3 is 5.69 Å². The number of carbonyl (C=O) groups excluding carboxylic acids is 2. The SMILES string of the molecule is Cn1ccc2cccc(C(=O)N3CC(C(=O)Nc4ccc5c(c4)n(C)c(=O)n5C)C[C@@H]4OCC[C@H]43)c21. The van der Waals surface area contributed by atoms with Gasteiger partial charge in [0.15, 0.2) is 0 Å². The van der Waals surface area contributed by atoms with Crippen molar-refractivity contribution in [1.29, 1.82) is 0 Å². The Hall–Kier alpha value is -3.85. The lowest BCUT2D eigenvalue weighted by molar-refractivity contribution is -0.123. The van der Waals surface area contributed by atoms with Crippen molar-refractivity contribution in [2.24, 2.45) is 27.1 Å². The summed E-state index contributed by atoms with van der Waals surface area (Å²) in [5, 5.41) is 4.03. The van der Waals surface area contributed by atoms with E-state index in [9.17, 15) is 14.4 Å². The number of ether oxygens (including phenoxy) is 1. The Labute approximate surface area is 207 Å². The molecule has 4 heterocycles. The highest BCUT2D eigenvalue weighted by molar-refractivity contribution is 6.06. The molecule has 4 aromatic rings. The van der Waals surface area contributed by atoms with Crippen LogP contribution >= 0.6 is 0 Å². The molecule has 3 atom stereocenters. The summed E-state index contributed by atoms with van der Waals surface area (Å²) in [6.07, 6.45) is 3.13. The van der Waals surface area contributed by atoms with Gasteiger partial charge in [0, 0.05) is 51.6 Å². The highest BCUT2D eigenvalue weighted by atomic mass is 16.5. The first-order valence-electron chi connectivity index (χ1n) is 12.3. The normalized spacial score (nSPS) is 21.8. The van der Waals surface area contributed by atoms with Crippen molar-refractivity contribution in [3.63, 3.8) is 0 Å². The Kier molecular flexibility index (Phi) is 5.26. The van der Waals surface area contributed by atoms with Gasteiger partial charge in [-0.05, 0) is 43.2 Å². The predicted molar refractivity (Wildman–Crippen MR) is 137 cm³/mol. The number of para-hydroxylation sites is 1. The lowest BCUT2D eigenvalue weighted by atomic mass is 9.88. The van der Waals surface area contributed by atoms with Crippen LogP contribution in [0.3, 0.4) is 0 Å². The van der Waals surface area contributed by atoms with Crippen LogP contribution in [0.15, 0.2) is 53.5 Å². The largest absolute Gasteiger partial charge is 0.376 e. The van der Waals surface area contributed by atoms with Gasteiger partial charge in [-0.3, -0.25) is 18.7 Å². The summed E-state index contributed by atoms with van der Waals surface area (Å²) in [6.45, 7) is 0.919. The molecule has 0 spiro atoms. The van der Waals surface area contributed by atoms with Gasteiger partial charge in [-0.15, -0.1) is 0 Å². The molecule has 186 valence electrons. The third-order valence-electron chi connectivity index (χ3n) is 7.81. The lowest BCUT2D eigenvalue weighted by Crippen LogP contribution is -2.54. The van der Waals surface area contributed by atoms with Crippen LogP contribution in [-0.2, 0) is 30.7 Å². The number of piperidine rings is 1. The Morgan fingerprint density at radius 1 is 1.03 bits per heavy atom. The number of amides is 2. The second-order valence-electron chi connectivity index (χ2n) is 9.92. The van der Waals surface area contributed by atoms with Crippen LogP contribution in [-0.4, -0.2) is 55.7 Å². The zero-order valence-corrected chi connectivity index (χ0v) is 20.6. The van der Waals surface area contributed by atoms with Crippen LogP contribution in [0.25, 0.3) is 21.9 Å². The predicted octanol–water partition coefficient (Wildman–Crippen LogP) is 2.63. The number of aromatic nitrogens is 3. The summed E-state index contributed by atoms with van der Waals surface area (Å²) in [7, 11) is 5.38.